The van der Waals surface area contributed by atoms with Crippen molar-refractivity contribution in [1.29, 1.82) is 0 Å². The fourth-order valence-corrected chi connectivity index (χ4v) is 2.37. The molecule has 1 aliphatic carbocycles. The Morgan fingerprint density at radius 1 is 1.00 bits per heavy atom. The lowest BCUT2D eigenvalue weighted by Gasteiger charge is -2.12. The molecule has 4 heteroatoms. The highest BCUT2D eigenvalue weighted by Gasteiger charge is 2.45. The van der Waals surface area contributed by atoms with Crippen LogP contribution in [0.25, 0.3) is 11.1 Å². The maximum Gasteiger partial charge on any atom is 0.235 e. The van der Waals surface area contributed by atoms with E-state index in [9.17, 15) is 13.6 Å². The molecule has 0 spiro atoms. The SMILES string of the molecule is O=C=NC1(c2ccc(F)c(-c3ccccc3F)c2)CC1. The number of isocyanates is 1. The molecule has 100 valence electrons. The summed E-state index contributed by atoms with van der Waals surface area (Å²) >= 11 is 0. The van der Waals surface area contributed by atoms with E-state index in [0.29, 0.717) is 0 Å². The van der Waals surface area contributed by atoms with E-state index in [1.165, 1.54) is 18.2 Å². The molecule has 3 rings (SSSR count). The second-order valence-corrected chi connectivity index (χ2v) is 4.91. The van der Waals surface area contributed by atoms with Crippen LogP contribution in [-0.2, 0) is 10.3 Å². The van der Waals surface area contributed by atoms with Gasteiger partial charge in [-0.05, 0) is 36.6 Å². The molecule has 1 saturated carbocycles. The summed E-state index contributed by atoms with van der Waals surface area (Å²) in [5, 5.41) is 0. The molecule has 0 amide bonds. The van der Waals surface area contributed by atoms with Crippen LogP contribution in [0.3, 0.4) is 0 Å². The molecule has 2 aromatic carbocycles. The molecule has 1 fully saturated rings. The summed E-state index contributed by atoms with van der Waals surface area (Å²) in [7, 11) is 0. The highest BCUT2D eigenvalue weighted by Crippen LogP contribution is 2.50. The van der Waals surface area contributed by atoms with E-state index in [4.69, 9.17) is 0 Å². The van der Waals surface area contributed by atoms with Gasteiger partial charge in [0.1, 0.15) is 11.6 Å². The predicted octanol–water partition coefficient (Wildman–Crippen LogP) is 3.96. The minimum absolute atomic E-state index is 0.188. The number of benzene rings is 2. The molecule has 0 aromatic heterocycles. The van der Waals surface area contributed by atoms with Crippen molar-refractivity contribution >= 4 is 6.08 Å². The first-order valence-corrected chi connectivity index (χ1v) is 6.30. The number of hydrogen-bond donors (Lipinski definition) is 0. The number of hydrogen-bond acceptors (Lipinski definition) is 2. The van der Waals surface area contributed by atoms with Gasteiger partial charge in [0.15, 0.2) is 0 Å². The van der Waals surface area contributed by atoms with Crippen molar-refractivity contribution in [2.45, 2.75) is 18.4 Å². The van der Waals surface area contributed by atoms with E-state index >= 15 is 0 Å². The molecule has 2 nitrogen and oxygen atoms in total. The van der Waals surface area contributed by atoms with Gasteiger partial charge in [0, 0.05) is 11.1 Å². The third-order valence-electron chi connectivity index (χ3n) is 3.65. The summed E-state index contributed by atoms with van der Waals surface area (Å²) in [4.78, 5) is 14.3. The van der Waals surface area contributed by atoms with Gasteiger partial charge in [-0.2, -0.15) is 4.99 Å². The van der Waals surface area contributed by atoms with E-state index in [2.05, 4.69) is 4.99 Å². The maximum absolute atomic E-state index is 14.0. The van der Waals surface area contributed by atoms with Crippen molar-refractivity contribution in [2.24, 2.45) is 4.99 Å². The molecular weight excluding hydrogens is 260 g/mol. The Morgan fingerprint density at radius 2 is 1.70 bits per heavy atom. The number of aliphatic imine (C=N–C) groups is 1. The second-order valence-electron chi connectivity index (χ2n) is 4.91. The van der Waals surface area contributed by atoms with Crippen LogP contribution >= 0.6 is 0 Å². The minimum atomic E-state index is -0.588. The van der Waals surface area contributed by atoms with Crippen LogP contribution in [0.2, 0.25) is 0 Å². The highest BCUT2D eigenvalue weighted by atomic mass is 19.1. The van der Waals surface area contributed by atoms with Gasteiger partial charge in [0.2, 0.25) is 6.08 Å². The second kappa shape index (κ2) is 4.66. The smallest absolute Gasteiger partial charge is 0.211 e. The van der Waals surface area contributed by atoms with Gasteiger partial charge in [-0.3, -0.25) is 0 Å². The van der Waals surface area contributed by atoms with Gasteiger partial charge in [-0.25, -0.2) is 13.6 Å². The Morgan fingerprint density at radius 3 is 2.35 bits per heavy atom. The molecule has 1 aliphatic rings. The van der Waals surface area contributed by atoms with Crippen molar-refractivity contribution in [3.05, 3.63) is 59.7 Å². The number of nitrogens with zero attached hydrogens (tertiary/aromatic N) is 1. The standard InChI is InChI=1S/C16H11F2NO/c17-14-4-2-1-3-12(14)13-9-11(5-6-15(13)18)16(7-8-16)19-10-20/h1-6,9H,7-8H2. The minimum Gasteiger partial charge on any atom is -0.211 e. The van der Waals surface area contributed by atoms with Gasteiger partial charge in [0.05, 0.1) is 5.54 Å². The number of carbonyl (C=O) groups excluding carboxylic acids is 1. The monoisotopic (exact) mass is 271 g/mol. The molecule has 0 radical (unpaired) electrons. The van der Waals surface area contributed by atoms with E-state index in [1.54, 1.807) is 30.3 Å². The first-order chi connectivity index (χ1) is 9.66. The number of halogens is 2. The first-order valence-electron chi connectivity index (χ1n) is 6.30. The number of rotatable bonds is 3. The Labute approximate surface area is 114 Å². The third kappa shape index (κ3) is 2.04. The molecular formula is C16H11F2NO. The predicted molar refractivity (Wildman–Crippen MR) is 70.8 cm³/mol. The average molecular weight is 271 g/mol. The fraction of sp³-hybridized carbons (Fsp3) is 0.188. The van der Waals surface area contributed by atoms with E-state index in [-0.39, 0.29) is 11.1 Å². The first kappa shape index (κ1) is 12.7. The summed E-state index contributed by atoms with van der Waals surface area (Å²) in [6.07, 6.45) is 3.01. The molecule has 20 heavy (non-hydrogen) atoms. The van der Waals surface area contributed by atoms with Crippen LogP contribution in [0, 0.1) is 11.6 Å². The topological polar surface area (TPSA) is 29.4 Å². The van der Waals surface area contributed by atoms with Crippen LogP contribution < -0.4 is 0 Å². The lowest BCUT2D eigenvalue weighted by Crippen LogP contribution is -2.03. The van der Waals surface area contributed by atoms with Gasteiger partial charge < -0.3 is 0 Å². The summed E-state index contributed by atoms with van der Waals surface area (Å²) in [6.45, 7) is 0. The Balaban J connectivity index is 2.13. The summed E-state index contributed by atoms with van der Waals surface area (Å²) < 4.78 is 27.7. The third-order valence-corrected chi connectivity index (χ3v) is 3.65. The van der Waals surface area contributed by atoms with Crippen LogP contribution in [0.5, 0.6) is 0 Å². The van der Waals surface area contributed by atoms with Gasteiger partial charge in [0.25, 0.3) is 0 Å². The van der Waals surface area contributed by atoms with Crippen LogP contribution in [0.15, 0.2) is 47.5 Å². The Bertz CT molecular complexity index is 716. The quantitative estimate of drug-likeness (QED) is 0.613. The van der Waals surface area contributed by atoms with E-state index in [0.717, 1.165) is 18.4 Å². The Hall–Kier alpha value is -2.32. The molecule has 2 aromatic rings. The molecule has 0 heterocycles. The average Bonchev–Trinajstić information content (AvgIpc) is 3.21. The molecule has 0 saturated heterocycles. The van der Waals surface area contributed by atoms with Crippen LogP contribution in [0.1, 0.15) is 18.4 Å². The van der Waals surface area contributed by atoms with Gasteiger partial charge in [-0.15, -0.1) is 0 Å². The maximum atomic E-state index is 14.0. The molecule has 0 N–H and O–H groups in total. The van der Waals surface area contributed by atoms with Crippen LogP contribution in [-0.4, -0.2) is 6.08 Å². The molecule has 0 unspecified atom stereocenters. The highest BCUT2D eigenvalue weighted by molar-refractivity contribution is 5.66. The van der Waals surface area contributed by atoms with Crippen molar-refractivity contribution in [3.8, 4) is 11.1 Å². The van der Waals surface area contributed by atoms with E-state index in [1.807, 2.05) is 0 Å². The van der Waals surface area contributed by atoms with Gasteiger partial charge >= 0.3 is 0 Å². The summed E-state index contributed by atoms with van der Waals surface area (Å²) in [5.41, 5.74) is 0.529. The van der Waals surface area contributed by atoms with Crippen LogP contribution in [0.4, 0.5) is 8.78 Å². The zero-order valence-corrected chi connectivity index (χ0v) is 10.6. The largest absolute Gasteiger partial charge is 0.235 e. The van der Waals surface area contributed by atoms with E-state index < -0.39 is 17.2 Å². The normalized spacial score (nSPS) is 15.5. The summed E-state index contributed by atoms with van der Waals surface area (Å²) in [5.74, 6) is -0.975. The van der Waals surface area contributed by atoms with Crippen molar-refractivity contribution in [3.63, 3.8) is 0 Å². The zero-order valence-electron chi connectivity index (χ0n) is 10.6. The lowest BCUT2D eigenvalue weighted by atomic mass is 9.97. The van der Waals surface area contributed by atoms with Crippen molar-refractivity contribution in [1.82, 2.24) is 0 Å². The lowest BCUT2D eigenvalue weighted by molar-refractivity contribution is 0.556. The Kier molecular flexibility index (Phi) is 2.96. The zero-order chi connectivity index (χ0) is 14.2. The van der Waals surface area contributed by atoms with Crippen molar-refractivity contribution in [2.75, 3.05) is 0 Å². The van der Waals surface area contributed by atoms with Gasteiger partial charge in [-0.1, -0.05) is 24.3 Å². The summed E-state index contributed by atoms with van der Waals surface area (Å²) in [6, 6.07) is 10.5. The fourth-order valence-electron chi connectivity index (χ4n) is 2.37. The molecule has 0 atom stereocenters. The molecule has 0 bridgehead atoms. The van der Waals surface area contributed by atoms with Crippen molar-refractivity contribution < 1.29 is 13.6 Å². The molecule has 0 aliphatic heterocycles.